The van der Waals surface area contributed by atoms with Crippen LogP contribution >= 0.6 is 0 Å². The van der Waals surface area contributed by atoms with Crippen LogP contribution in [0, 0.1) is 12.8 Å². The third kappa shape index (κ3) is 4.06. The maximum Gasteiger partial charge on any atom is 0.337 e. The summed E-state index contributed by atoms with van der Waals surface area (Å²) in [5, 5.41) is 12.5. The van der Waals surface area contributed by atoms with Crippen LogP contribution in [0.5, 0.6) is 0 Å². The maximum atomic E-state index is 11.2. The van der Waals surface area contributed by atoms with Crippen molar-refractivity contribution < 1.29 is 9.90 Å². The van der Waals surface area contributed by atoms with Gasteiger partial charge in [-0.3, -0.25) is 0 Å². The smallest absolute Gasteiger partial charge is 0.337 e. The summed E-state index contributed by atoms with van der Waals surface area (Å²) < 4.78 is 0. The first-order chi connectivity index (χ1) is 8.43. The Labute approximate surface area is 109 Å². The van der Waals surface area contributed by atoms with Crippen LogP contribution in [0.1, 0.15) is 49.5 Å². The van der Waals surface area contributed by atoms with Gasteiger partial charge in [0.15, 0.2) is 0 Å². The first kappa shape index (κ1) is 14.6. The zero-order valence-corrected chi connectivity index (χ0v) is 11.7. The van der Waals surface area contributed by atoms with Crippen molar-refractivity contribution in [2.45, 2.75) is 46.6 Å². The Morgan fingerprint density at radius 3 is 2.61 bits per heavy atom. The minimum atomic E-state index is -0.881. The van der Waals surface area contributed by atoms with E-state index in [9.17, 15) is 4.79 Å². The highest BCUT2D eigenvalue weighted by Crippen LogP contribution is 2.21. The second-order valence-corrected chi connectivity index (χ2v) is 5.15. The number of hydrogen-bond donors (Lipinski definition) is 2. The fraction of sp³-hybridized carbons (Fsp3) is 0.533. The average Bonchev–Trinajstić information content (AvgIpc) is 2.28. The fourth-order valence-corrected chi connectivity index (χ4v) is 2.06. The fourth-order valence-electron chi connectivity index (χ4n) is 2.06. The first-order valence-corrected chi connectivity index (χ1v) is 6.54. The van der Waals surface area contributed by atoms with Crippen LogP contribution < -0.4 is 5.32 Å². The van der Waals surface area contributed by atoms with Crippen LogP contribution in [-0.4, -0.2) is 17.1 Å². The van der Waals surface area contributed by atoms with E-state index in [0.717, 1.165) is 24.1 Å². The zero-order chi connectivity index (χ0) is 13.7. The first-order valence-electron chi connectivity index (χ1n) is 6.54. The van der Waals surface area contributed by atoms with Gasteiger partial charge in [-0.1, -0.05) is 26.3 Å². The molecule has 0 saturated carbocycles. The van der Waals surface area contributed by atoms with Crippen molar-refractivity contribution >= 4 is 11.7 Å². The summed E-state index contributed by atoms with van der Waals surface area (Å²) >= 11 is 0. The van der Waals surface area contributed by atoms with Gasteiger partial charge in [0.05, 0.1) is 5.56 Å². The highest BCUT2D eigenvalue weighted by atomic mass is 16.4. The predicted molar refractivity (Wildman–Crippen MR) is 75.3 cm³/mol. The molecule has 100 valence electrons. The lowest BCUT2D eigenvalue weighted by Crippen LogP contribution is -2.20. The quantitative estimate of drug-likeness (QED) is 0.803. The molecule has 0 bridgehead atoms. The van der Waals surface area contributed by atoms with Crippen molar-refractivity contribution in [3.63, 3.8) is 0 Å². The minimum Gasteiger partial charge on any atom is -0.478 e. The molecule has 0 aliphatic heterocycles. The monoisotopic (exact) mass is 249 g/mol. The Morgan fingerprint density at radius 2 is 2.06 bits per heavy atom. The van der Waals surface area contributed by atoms with Crippen molar-refractivity contribution in [2.75, 3.05) is 5.32 Å². The summed E-state index contributed by atoms with van der Waals surface area (Å²) in [4.78, 5) is 11.2. The van der Waals surface area contributed by atoms with Crippen LogP contribution in [-0.2, 0) is 0 Å². The number of rotatable bonds is 6. The summed E-state index contributed by atoms with van der Waals surface area (Å²) in [6.45, 7) is 8.45. The van der Waals surface area contributed by atoms with Crippen molar-refractivity contribution in [2.24, 2.45) is 5.92 Å². The number of aryl methyl sites for hydroxylation is 1. The van der Waals surface area contributed by atoms with Crippen molar-refractivity contribution in [3.8, 4) is 0 Å². The molecule has 2 atom stereocenters. The highest BCUT2D eigenvalue weighted by molar-refractivity contribution is 5.94. The average molecular weight is 249 g/mol. The molecule has 0 amide bonds. The number of carboxylic acids is 1. The predicted octanol–water partition coefficient (Wildman–Crippen LogP) is 3.93. The van der Waals surface area contributed by atoms with Crippen LogP contribution in [0.2, 0.25) is 0 Å². The molecule has 3 heteroatoms. The molecule has 18 heavy (non-hydrogen) atoms. The molecule has 3 nitrogen and oxygen atoms in total. The molecular weight excluding hydrogens is 226 g/mol. The molecule has 2 N–H and O–H groups in total. The lowest BCUT2D eigenvalue weighted by molar-refractivity contribution is 0.0698. The molecule has 1 rings (SSSR count). The van der Waals surface area contributed by atoms with E-state index in [0.29, 0.717) is 11.5 Å². The molecule has 0 aromatic heterocycles. The standard InChI is InChI=1S/C15H23NO2/c1-5-10(2)8-12(4)16-14-9-11(3)6-7-13(14)15(17)18/h6-7,9-10,12,16H,5,8H2,1-4H3,(H,17,18). The minimum absolute atomic E-state index is 0.278. The molecule has 1 aromatic carbocycles. The van der Waals surface area contributed by atoms with Gasteiger partial charge in [0, 0.05) is 11.7 Å². The Bertz CT molecular complexity index is 415. The number of carboxylic acid groups (broad SMARTS) is 1. The summed E-state index contributed by atoms with van der Waals surface area (Å²) in [7, 11) is 0. The van der Waals surface area contributed by atoms with Gasteiger partial charge >= 0.3 is 5.97 Å². The van der Waals surface area contributed by atoms with Gasteiger partial charge in [-0.15, -0.1) is 0 Å². The number of benzene rings is 1. The molecule has 0 aliphatic rings. The molecule has 0 aliphatic carbocycles. The van der Waals surface area contributed by atoms with E-state index < -0.39 is 5.97 Å². The number of hydrogen-bond acceptors (Lipinski definition) is 2. The SMILES string of the molecule is CCC(C)CC(C)Nc1cc(C)ccc1C(=O)O. The van der Waals surface area contributed by atoms with Crippen LogP contribution in [0.3, 0.4) is 0 Å². The van der Waals surface area contributed by atoms with Gasteiger partial charge in [-0.2, -0.15) is 0 Å². The van der Waals surface area contributed by atoms with E-state index in [1.807, 2.05) is 19.1 Å². The topological polar surface area (TPSA) is 49.3 Å². The molecule has 0 fully saturated rings. The molecule has 0 spiro atoms. The highest BCUT2D eigenvalue weighted by Gasteiger charge is 2.13. The van der Waals surface area contributed by atoms with Gasteiger partial charge in [0.2, 0.25) is 0 Å². The number of nitrogens with one attached hydrogen (secondary N) is 1. The van der Waals surface area contributed by atoms with Crippen molar-refractivity contribution in [3.05, 3.63) is 29.3 Å². The van der Waals surface area contributed by atoms with Gasteiger partial charge in [0.25, 0.3) is 0 Å². The second-order valence-electron chi connectivity index (χ2n) is 5.15. The van der Waals surface area contributed by atoms with Gasteiger partial charge < -0.3 is 10.4 Å². The molecule has 2 unspecified atom stereocenters. The van der Waals surface area contributed by atoms with E-state index in [-0.39, 0.29) is 6.04 Å². The molecular formula is C15H23NO2. The van der Waals surface area contributed by atoms with Gasteiger partial charge in [-0.25, -0.2) is 4.79 Å². The number of carbonyl (C=O) groups is 1. The van der Waals surface area contributed by atoms with Crippen molar-refractivity contribution in [1.29, 1.82) is 0 Å². The Hall–Kier alpha value is -1.51. The van der Waals surface area contributed by atoms with Crippen LogP contribution in [0.15, 0.2) is 18.2 Å². The Morgan fingerprint density at radius 1 is 1.39 bits per heavy atom. The molecule has 1 aromatic rings. The Balaban J connectivity index is 2.82. The Kier molecular flexibility index (Phi) is 5.20. The zero-order valence-electron chi connectivity index (χ0n) is 11.7. The van der Waals surface area contributed by atoms with Crippen LogP contribution in [0.4, 0.5) is 5.69 Å². The lowest BCUT2D eigenvalue weighted by atomic mass is 9.99. The third-order valence-electron chi connectivity index (χ3n) is 3.26. The lowest BCUT2D eigenvalue weighted by Gasteiger charge is -2.20. The van der Waals surface area contributed by atoms with E-state index in [1.165, 1.54) is 0 Å². The summed E-state index contributed by atoms with van der Waals surface area (Å²) in [6.07, 6.45) is 2.19. The molecule has 0 radical (unpaired) electrons. The van der Waals surface area contributed by atoms with Crippen LogP contribution in [0.25, 0.3) is 0 Å². The number of aromatic carboxylic acids is 1. The summed E-state index contributed by atoms with van der Waals surface area (Å²) in [6, 6.07) is 5.67. The van der Waals surface area contributed by atoms with E-state index >= 15 is 0 Å². The van der Waals surface area contributed by atoms with E-state index in [2.05, 4.69) is 26.1 Å². The number of anilines is 1. The van der Waals surface area contributed by atoms with Gasteiger partial charge in [-0.05, 0) is 43.9 Å². The largest absolute Gasteiger partial charge is 0.478 e. The summed E-state index contributed by atoms with van der Waals surface area (Å²) in [5.41, 5.74) is 2.13. The van der Waals surface area contributed by atoms with Crippen molar-refractivity contribution in [1.82, 2.24) is 0 Å². The van der Waals surface area contributed by atoms with E-state index in [1.54, 1.807) is 6.07 Å². The molecule has 0 heterocycles. The molecule has 0 saturated heterocycles. The third-order valence-corrected chi connectivity index (χ3v) is 3.26. The maximum absolute atomic E-state index is 11.2. The normalized spacial score (nSPS) is 14.0. The summed E-state index contributed by atoms with van der Waals surface area (Å²) in [5.74, 6) is -0.237. The second kappa shape index (κ2) is 6.43. The van der Waals surface area contributed by atoms with Gasteiger partial charge in [0.1, 0.15) is 0 Å². The van der Waals surface area contributed by atoms with E-state index in [4.69, 9.17) is 5.11 Å².